The molecule has 0 aromatic rings. The fourth-order valence-electron chi connectivity index (χ4n) is 11.4. The molecule has 0 spiro atoms. The van der Waals surface area contributed by atoms with Gasteiger partial charge in [0.2, 0.25) is 0 Å². The molecule has 9 nitrogen and oxygen atoms in total. The van der Waals surface area contributed by atoms with Gasteiger partial charge in [0.15, 0.2) is 6.10 Å². The molecule has 2 atom stereocenters. The van der Waals surface area contributed by atoms with Crippen LogP contribution in [0.4, 0.5) is 0 Å². The SMILES string of the molecule is CC/C=C\C/C=C\C/C=C\C/C=C\C/C=C\C/C=C\C/C=C\C/C=C\C/C=C\C/C=C\CCCCCCC(=O)OC(COC(=O)CCCCCCCCCCCCCCCCCCCCCCCCCCCCC/C=C\CCCCCCCCCC)COP(=O)([O-])OCC[N+](C)(C)C. The van der Waals surface area contributed by atoms with Crippen LogP contribution in [0.3, 0.4) is 0 Å². The maximum atomic E-state index is 12.9. The number of phosphoric acid groups is 1. The van der Waals surface area contributed by atoms with Gasteiger partial charge in [0.1, 0.15) is 19.8 Å². The molecule has 0 aliphatic rings. The molecule has 0 saturated heterocycles. The van der Waals surface area contributed by atoms with Crippen molar-refractivity contribution in [3.8, 4) is 0 Å². The summed E-state index contributed by atoms with van der Waals surface area (Å²) in [6.07, 6.45) is 113. The van der Waals surface area contributed by atoms with E-state index < -0.39 is 26.5 Å². The number of carbonyl (C=O) groups is 2. The number of phosphoric ester groups is 1. The molecule has 0 radical (unpaired) electrons. The standard InChI is InChI=1S/C88H154NO8P/c1-6-8-10-12-14-16-18-20-22-24-26-28-30-32-34-36-38-40-42-43-44-45-47-48-50-52-54-56-58-60-62-64-66-68-70-72-74-76-78-80-87(90)94-84-86(85-96-98(92,93)95-83-82-89(3,4)5)97-88(91)81-79-77-75-73-71-69-67-65-63-61-59-57-55-53-51-49-46-41-39-37-35-33-31-29-27-25-23-21-19-17-15-13-11-9-7-2/h9,11,15,17,21,23-24,26-27,29,33,35,39,41,49,51,55,57,61,63,67,69,86H,6-8,10,12-14,16,18-20,22,25,28,30-32,34,36-38,40,42-48,50,52-54,56,58-60,62,64-66,68,70-85H2,1-5H3/b11-9-,17-15-,23-21-,26-24-,29-27-,35-33-,41-39-,51-49-,57-55-,63-61-,69-67-. The van der Waals surface area contributed by atoms with Crippen molar-refractivity contribution in [1.82, 2.24) is 0 Å². The van der Waals surface area contributed by atoms with Gasteiger partial charge in [0, 0.05) is 12.8 Å². The number of hydrogen-bond acceptors (Lipinski definition) is 8. The molecule has 0 bridgehead atoms. The van der Waals surface area contributed by atoms with Crippen molar-refractivity contribution < 1.29 is 42.1 Å². The number of quaternary nitrogens is 1. The summed E-state index contributed by atoms with van der Waals surface area (Å²) in [4.78, 5) is 38.2. The number of hydrogen-bond donors (Lipinski definition) is 0. The van der Waals surface area contributed by atoms with Crippen LogP contribution < -0.4 is 4.89 Å². The summed E-state index contributed by atoms with van der Waals surface area (Å²) in [6.45, 7) is 4.12. The minimum atomic E-state index is -4.66. The Morgan fingerprint density at radius 1 is 0.327 bits per heavy atom. The fraction of sp³-hybridized carbons (Fsp3) is 0.727. The molecule has 0 N–H and O–H groups in total. The number of allylic oxidation sites excluding steroid dienone is 22. The van der Waals surface area contributed by atoms with Gasteiger partial charge < -0.3 is 27.9 Å². The summed E-state index contributed by atoms with van der Waals surface area (Å²) in [5.41, 5.74) is 0. The Hall–Kier alpha value is -3.85. The van der Waals surface area contributed by atoms with Crippen LogP contribution in [0.5, 0.6) is 0 Å². The van der Waals surface area contributed by atoms with Gasteiger partial charge in [-0.2, -0.15) is 0 Å². The van der Waals surface area contributed by atoms with E-state index in [9.17, 15) is 19.0 Å². The lowest BCUT2D eigenvalue weighted by Crippen LogP contribution is -2.37. The molecule has 0 aromatic carbocycles. The first kappa shape index (κ1) is 94.2. The Bertz CT molecular complexity index is 2120. The lowest BCUT2D eigenvalue weighted by atomic mass is 10.0. The van der Waals surface area contributed by atoms with Gasteiger partial charge in [-0.25, -0.2) is 0 Å². The van der Waals surface area contributed by atoms with Crippen molar-refractivity contribution in [2.75, 3.05) is 47.5 Å². The van der Waals surface area contributed by atoms with Crippen molar-refractivity contribution in [3.05, 3.63) is 134 Å². The highest BCUT2D eigenvalue weighted by Gasteiger charge is 2.22. The summed E-state index contributed by atoms with van der Waals surface area (Å²) < 4.78 is 34.4. The molecule has 0 aromatic heterocycles. The van der Waals surface area contributed by atoms with E-state index >= 15 is 0 Å². The van der Waals surface area contributed by atoms with E-state index in [0.29, 0.717) is 17.4 Å². The Morgan fingerprint density at radius 2 is 0.582 bits per heavy atom. The Balaban J connectivity index is 4.02. The monoisotopic (exact) mass is 1380 g/mol. The average Bonchev–Trinajstić information content (AvgIpc) is 1.08. The highest BCUT2D eigenvalue weighted by molar-refractivity contribution is 7.45. The van der Waals surface area contributed by atoms with E-state index in [0.717, 1.165) is 109 Å². The zero-order valence-corrected chi connectivity index (χ0v) is 65.3. The molecule has 0 rings (SSSR count). The third-order valence-electron chi connectivity index (χ3n) is 17.7. The van der Waals surface area contributed by atoms with E-state index in [1.165, 1.54) is 218 Å². The number of rotatable bonds is 75. The molecule has 0 aliphatic heterocycles. The fourth-order valence-corrected chi connectivity index (χ4v) is 12.2. The quantitative estimate of drug-likeness (QED) is 0.0195. The normalized spacial score (nSPS) is 13.7. The van der Waals surface area contributed by atoms with Crippen LogP contribution in [-0.4, -0.2) is 70.0 Å². The predicted octanol–water partition coefficient (Wildman–Crippen LogP) is 26.9. The smallest absolute Gasteiger partial charge is 0.306 e. The highest BCUT2D eigenvalue weighted by atomic mass is 31.2. The molecule has 0 amide bonds. The van der Waals surface area contributed by atoms with Crippen LogP contribution in [-0.2, 0) is 32.7 Å². The summed E-state index contributed by atoms with van der Waals surface area (Å²) >= 11 is 0. The van der Waals surface area contributed by atoms with Gasteiger partial charge >= 0.3 is 11.9 Å². The highest BCUT2D eigenvalue weighted by Crippen LogP contribution is 2.38. The maximum Gasteiger partial charge on any atom is 0.306 e. The summed E-state index contributed by atoms with van der Waals surface area (Å²) in [5, 5.41) is 0. The van der Waals surface area contributed by atoms with Crippen LogP contribution in [0.25, 0.3) is 0 Å². The van der Waals surface area contributed by atoms with Gasteiger partial charge in [0.25, 0.3) is 7.82 Å². The zero-order valence-electron chi connectivity index (χ0n) is 64.5. The van der Waals surface area contributed by atoms with Gasteiger partial charge in [-0.15, -0.1) is 0 Å². The summed E-state index contributed by atoms with van der Waals surface area (Å²) in [7, 11) is 1.14. The van der Waals surface area contributed by atoms with Crippen molar-refractivity contribution in [2.24, 2.45) is 0 Å². The average molecular weight is 1390 g/mol. The molecule has 10 heteroatoms. The molecule has 0 aliphatic carbocycles. The van der Waals surface area contributed by atoms with Gasteiger partial charge in [-0.3, -0.25) is 14.2 Å². The van der Waals surface area contributed by atoms with E-state index in [1.54, 1.807) is 0 Å². The molecule has 98 heavy (non-hydrogen) atoms. The van der Waals surface area contributed by atoms with Crippen LogP contribution in [0, 0.1) is 0 Å². The first-order valence-electron chi connectivity index (χ1n) is 40.9. The summed E-state index contributed by atoms with van der Waals surface area (Å²) in [6, 6.07) is 0. The number of carbonyl (C=O) groups excluding carboxylic acids is 2. The van der Waals surface area contributed by atoms with Gasteiger partial charge in [-0.05, 0) is 116 Å². The second-order valence-corrected chi connectivity index (χ2v) is 29.8. The Kier molecular flexibility index (Phi) is 74.3. The van der Waals surface area contributed by atoms with E-state index in [-0.39, 0.29) is 32.0 Å². The van der Waals surface area contributed by atoms with Crippen LogP contribution in [0.15, 0.2) is 134 Å². The topological polar surface area (TPSA) is 111 Å². The Labute approximate surface area is 606 Å². The molecule has 0 fully saturated rings. The predicted molar refractivity (Wildman–Crippen MR) is 424 cm³/mol. The Morgan fingerprint density at radius 3 is 0.878 bits per heavy atom. The second-order valence-electron chi connectivity index (χ2n) is 28.4. The van der Waals surface area contributed by atoms with Crippen molar-refractivity contribution in [2.45, 2.75) is 367 Å². The number of esters is 2. The van der Waals surface area contributed by atoms with E-state index in [2.05, 4.69) is 148 Å². The number of ether oxygens (including phenoxy) is 2. The van der Waals surface area contributed by atoms with E-state index in [1.807, 2.05) is 21.1 Å². The molecule has 2 unspecified atom stereocenters. The van der Waals surface area contributed by atoms with Crippen molar-refractivity contribution in [1.29, 1.82) is 0 Å². The minimum absolute atomic E-state index is 0.0414. The number of nitrogens with zero attached hydrogens (tertiary/aromatic N) is 1. The zero-order chi connectivity index (χ0) is 71.1. The van der Waals surface area contributed by atoms with Crippen molar-refractivity contribution in [3.63, 3.8) is 0 Å². The molecular formula is C88H154NO8P. The maximum absolute atomic E-state index is 12.9. The molecule has 0 saturated carbocycles. The first-order valence-corrected chi connectivity index (χ1v) is 42.4. The van der Waals surface area contributed by atoms with Gasteiger partial charge in [-0.1, -0.05) is 366 Å². The first-order chi connectivity index (χ1) is 48.0. The van der Waals surface area contributed by atoms with Crippen LogP contribution in [0.2, 0.25) is 0 Å². The molecule has 564 valence electrons. The lowest BCUT2D eigenvalue weighted by molar-refractivity contribution is -0.870. The van der Waals surface area contributed by atoms with Crippen LogP contribution >= 0.6 is 7.82 Å². The number of unbranched alkanes of at least 4 members (excludes halogenated alkanes) is 39. The van der Waals surface area contributed by atoms with Gasteiger partial charge in [0.05, 0.1) is 27.7 Å². The minimum Gasteiger partial charge on any atom is -0.756 e. The number of likely N-dealkylation sites (N-methyl/N-ethyl adjacent to an activating group) is 1. The van der Waals surface area contributed by atoms with E-state index in [4.69, 9.17) is 18.5 Å². The molecular weight excluding hydrogens is 1230 g/mol. The van der Waals surface area contributed by atoms with Crippen LogP contribution in [0.1, 0.15) is 361 Å². The summed E-state index contributed by atoms with van der Waals surface area (Å²) in [5.74, 6) is -0.858. The lowest BCUT2D eigenvalue weighted by Gasteiger charge is -2.28. The third kappa shape index (κ3) is 81.1. The molecule has 0 heterocycles. The van der Waals surface area contributed by atoms with Crippen molar-refractivity contribution >= 4 is 19.8 Å². The second kappa shape index (κ2) is 77.3. The largest absolute Gasteiger partial charge is 0.756 e. The third-order valence-corrected chi connectivity index (χ3v) is 18.6.